The predicted octanol–water partition coefficient (Wildman–Crippen LogP) is 2.41. The number of esters is 1. The predicted molar refractivity (Wildman–Crippen MR) is 104 cm³/mol. The molecule has 2 aromatic rings. The number of benzene rings is 2. The number of carbonyl (C=O) groups excluding carboxylic acids is 3. The van der Waals surface area contributed by atoms with E-state index in [9.17, 15) is 14.4 Å². The molecule has 0 bridgehead atoms. The minimum Gasteiger partial charge on any atom is -0.465 e. The topological polar surface area (TPSA) is 66.9 Å². The van der Waals surface area contributed by atoms with Gasteiger partial charge in [0, 0.05) is 26.1 Å². The molecule has 4 rings (SSSR count). The Bertz CT molecular complexity index is 940. The smallest absolute Gasteiger partial charge is 0.339 e. The second-order valence-corrected chi connectivity index (χ2v) is 7.19. The number of nitrogens with zero attached hydrogens (tertiary/aromatic N) is 2. The number of hydrogen-bond acceptors (Lipinski definition) is 4. The van der Waals surface area contributed by atoms with E-state index in [1.807, 2.05) is 23.1 Å². The number of carbonyl (C=O) groups is 3. The molecule has 1 saturated heterocycles. The lowest BCUT2D eigenvalue weighted by Gasteiger charge is -2.30. The Hall–Kier alpha value is -3.15. The SMILES string of the molecule is COC(=O)c1ccccc1N1CC(C(=O)N2CCc3ccccc3C2)CC1=O. The fraction of sp³-hybridized carbons (Fsp3) is 0.318. The van der Waals surface area contributed by atoms with Crippen LogP contribution in [0, 0.1) is 5.92 Å². The molecule has 2 amide bonds. The number of anilines is 1. The van der Waals surface area contributed by atoms with Crippen molar-refractivity contribution in [2.75, 3.05) is 25.1 Å². The molecule has 1 unspecified atom stereocenters. The zero-order valence-corrected chi connectivity index (χ0v) is 15.8. The van der Waals surface area contributed by atoms with Crippen molar-refractivity contribution in [1.82, 2.24) is 4.90 Å². The molecule has 2 aliphatic rings. The number of amides is 2. The standard InChI is InChI=1S/C22H22N2O4/c1-28-22(27)18-8-4-5-9-19(18)24-14-17(12-20(24)25)21(26)23-11-10-15-6-2-3-7-16(15)13-23/h2-9,17H,10-14H2,1H3. The highest BCUT2D eigenvalue weighted by molar-refractivity contribution is 6.05. The summed E-state index contributed by atoms with van der Waals surface area (Å²) in [5.41, 5.74) is 3.28. The maximum atomic E-state index is 13.1. The zero-order chi connectivity index (χ0) is 19.7. The first-order chi connectivity index (χ1) is 13.6. The molecule has 28 heavy (non-hydrogen) atoms. The third-order valence-electron chi connectivity index (χ3n) is 5.52. The highest BCUT2D eigenvalue weighted by Crippen LogP contribution is 2.30. The van der Waals surface area contributed by atoms with Gasteiger partial charge in [-0.25, -0.2) is 4.79 Å². The number of ether oxygens (including phenoxy) is 1. The van der Waals surface area contributed by atoms with Crippen LogP contribution in [0.25, 0.3) is 0 Å². The summed E-state index contributed by atoms with van der Waals surface area (Å²) in [5, 5.41) is 0. The lowest BCUT2D eigenvalue weighted by atomic mass is 9.98. The second-order valence-electron chi connectivity index (χ2n) is 7.19. The van der Waals surface area contributed by atoms with Crippen LogP contribution < -0.4 is 4.90 Å². The van der Waals surface area contributed by atoms with Crippen LogP contribution in [0.2, 0.25) is 0 Å². The van der Waals surface area contributed by atoms with Crippen molar-refractivity contribution in [2.24, 2.45) is 5.92 Å². The minimum atomic E-state index is -0.495. The fourth-order valence-corrected chi connectivity index (χ4v) is 4.04. The van der Waals surface area contributed by atoms with Gasteiger partial charge in [0.15, 0.2) is 0 Å². The van der Waals surface area contributed by atoms with Gasteiger partial charge in [0.25, 0.3) is 0 Å². The van der Waals surface area contributed by atoms with Gasteiger partial charge in [-0.3, -0.25) is 9.59 Å². The van der Waals surface area contributed by atoms with E-state index in [1.165, 1.54) is 23.1 Å². The largest absolute Gasteiger partial charge is 0.465 e. The normalized spacial score (nSPS) is 18.8. The Kier molecular flexibility index (Phi) is 4.86. The van der Waals surface area contributed by atoms with Crippen molar-refractivity contribution in [3.63, 3.8) is 0 Å². The van der Waals surface area contributed by atoms with Crippen molar-refractivity contribution in [2.45, 2.75) is 19.4 Å². The summed E-state index contributed by atoms with van der Waals surface area (Å²) < 4.78 is 4.82. The summed E-state index contributed by atoms with van der Waals surface area (Å²) in [7, 11) is 1.31. The van der Waals surface area contributed by atoms with E-state index in [1.54, 1.807) is 24.3 Å². The molecule has 1 fully saturated rings. The van der Waals surface area contributed by atoms with Gasteiger partial charge < -0.3 is 14.5 Å². The fourth-order valence-electron chi connectivity index (χ4n) is 4.04. The van der Waals surface area contributed by atoms with Crippen LogP contribution >= 0.6 is 0 Å². The van der Waals surface area contributed by atoms with Gasteiger partial charge in [-0.2, -0.15) is 0 Å². The number of rotatable bonds is 3. The van der Waals surface area contributed by atoms with E-state index in [2.05, 4.69) is 6.07 Å². The van der Waals surface area contributed by atoms with Crippen LogP contribution in [0.4, 0.5) is 5.69 Å². The van der Waals surface area contributed by atoms with Crippen molar-refractivity contribution in [3.8, 4) is 0 Å². The summed E-state index contributed by atoms with van der Waals surface area (Å²) >= 11 is 0. The van der Waals surface area contributed by atoms with Crippen LogP contribution in [-0.4, -0.2) is 42.9 Å². The van der Waals surface area contributed by atoms with Crippen LogP contribution in [0.5, 0.6) is 0 Å². The third-order valence-corrected chi connectivity index (χ3v) is 5.52. The molecule has 0 aliphatic carbocycles. The van der Waals surface area contributed by atoms with Crippen molar-refractivity contribution >= 4 is 23.5 Å². The quantitative estimate of drug-likeness (QED) is 0.770. The number of methoxy groups -OCH3 is 1. The molecular weight excluding hydrogens is 356 g/mol. The molecular formula is C22H22N2O4. The van der Waals surface area contributed by atoms with Crippen LogP contribution in [0.3, 0.4) is 0 Å². The number of hydrogen-bond donors (Lipinski definition) is 0. The van der Waals surface area contributed by atoms with Crippen molar-refractivity contribution in [1.29, 1.82) is 0 Å². The molecule has 0 spiro atoms. The van der Waals surface area contributed by atoms with Gasteiger partial charge in [0.1, 0.15) is 0 Å². The summed E-state index contributed by atoms with van der Waals surface area (Å²) in [6.45, 7) is 1.53. The molecule has 0 aromatic heterocycles. The van der Waals surface area contributed by atoms with E-state index in [0.717, 1.165) is 6.42 Å². The van der Waals surface area contributed by atoms with E-state index in [-0.39, 0.29) is 24.8 Å². The van der Waals surface area contributed by atoms with E-state index in [0.29, 0.717) is 24.3 Å². The van der Waals surface area contributed by atoms with Gasteiger partial charge in [0.2, 0.25) is 11.8 Å². The number of para-hydroxylation sites is 1. The molecule has 2 heterocycles. The Balaban J connectivity index is 1.51. The van der Waals surface area contributed by atoms with E-state index < -0.39 is 11.9 Å². The van der Waals surface area contributed by atoms with Gasteiger partial charge in [-0.05, 0) is 29.7 Å². The third kappa shape index (κ3) is 3.26. The first-order valence-electron chi connectivity index (χ1n) is 9.41. The first kappa shape index (κ1) is 18.2. The summed E-state index contributed by atoms with van der Waals surface area (Å²) in [6.07, 6.45) is 0.990. The summed E-state index contributed by atoms with van der Waals surface area (Å²) in [4.78, 5) is 41.1. The maximum Gasteiger partial charge on any atom is 0.339 e. The molecule has 1 atom stereocenters. The van der Waals surface area contributed by atoms with Crippen LogP contribution in [0.1, 0.15) is 27.9 Å². The van der Waals surface area contributed by atoms with Gasteiger partial charge in [-0.1, -0.05) is 36.4 Å². The van der Waals surface area contributed by atoms with Crippen LogP contribution in [0.15, 0.2) is 48.5 Å². The molecule has 144 valence electrons. The first-order valence-corrected chi connectivity index (χ1v) is 9.41. The number of fused-ring (bicyclic) bond motifs is 1. The average molecular weight is 378 g/mol. The highest BCUT2D eigenvalue weighted by atomic mass is 16.5. The zero-order valence-electron chi connectivity index (χ0n) is 15.8. The molecule has 0 N–H and O–H groups in total. The van der Waals surface area contributed by atoms with E-state index >= 15 is 0 Å². The van der Waals surface area contributed by atoms with E-state index in [4.69, 9.17) is 4.74 Å². The lowest BCUT2D eigenvalue weighted by Crippen LogP contribution is -2.40. The Labute approximate surface area is 163 Å². The Morgan fingerprint density at radius 1 is 1.04 bits per heavy atom. The summed E-state index contributed by atoms with van der Waals surface area (Å²) in [5.74, 6) is -1.04. The van der Waals surface area contributed by atoms with Gasteiger partial charge in [0.05, 0.1) is 24.3 Å². The Morgan fingerprint density at radius 2 is 1.75 bits per heavy atom. The molecule has 6 nitrogen and oxygen atoms in total. The van der Waals surface area contributed by atoms with Crippen LogP contribution in [-0.2, 0) is 27.3 Å². The summed E-state index contributed by atoms with van der Waals surface area (Å²) in [6, 6.07) is 15.0. The molecule has 0 saturated carbocycles. The molecule has 2 aromatic carbocycles. The van der Waals surface area contributed by atoms with Crippen molar-refractivity contribution in [3.05, 3.63) is 65.2 Å². The Morgan fingerprint density at radius 3 is 2.54 bits per heavy atom. The second kappa shape index (κ2) is 7.46. The van der Waals surface area contributed by atoms with Crippen molar-refractivity contribution < 1.29 is 19.1 Å². The highest BCUT2D eigenvalue weighted by Gasteiger charge is 2.39. The maximum absolute atomic E-state index is 13.1. The van der Waals surface area contributed by atoms with Gasteiger partial charge >= 0.3 is 5.97 Å². The minimum absolute atomic E-state index is 0.000835. The molecule has 6 heteroatoms. The molecule has 0 radical (unpaired) electrons. The van der Waals surface area contributed by atoms with Gasteiger partial charge in [-0.15, -0.1) is 0 Å². The monoisotopic (exact) mass is 378 g/mol. The molecule has 2 aliphatic heterocycles. The lowest BCUT2D eigenvalue weighted by molar-refractivity contribution is -0.136. The average Bonchev–Trinajstić information content (AvgIpc) is 3.13.